The molecule has 4 aromatic rings. The minimum Gasteiger partial charge on any atom is -0.321 e. The molecule has 0 saturated heterocycles. The van der Waals surface area contributed by atoms with Gasteiger partial charge in [0, 0.05) is 11.3 Å². The topological polar surface area (TPSA) is 71.1 Å². The number of benzene rings is 3. The number of nitrogens with one attached hydrogen (secondary N) is 2. The first-order chi connectivity index (χ1) is 15.8. The quantitative estimate of drug-likeness (QED) is 0.358. The zero-order valence-corrected chi connectivity index (χ0v) is 19.8. The van der Waals surface area contributed by atoms with Gasteiger partial charge in [-0.1, -0.05) is 71.5 Å². The maximum Gasteiger partial charge on any atom is 0.267 e. The molecule has 33 heavy (non-hydrogen) atoms. The van der Waals surface area contributed by atoms with Crippen LogP contribution in [-0.2, 0) is 0 Å². The van der Waals surface area contributed by atoms with E-state index in [2.05, 4.69) is 15.6 Å². The van der Waals surface area contributed by atoms with Crippen LogP contribution < -0.4 is 10.6 Å². The highest BCUT2D eigenvalue weighted by Crippen LogP contribution is 2.27. The van der Waals surface area contributed by atoms with Crippen LogP contribution in [0.4, 0.5) is 10.8 Å². The van der Waals surface area contributed by atoms with E-state index >= 15 is 0 Å². The molecule has 0 bridgehead atoms. The van der Waals surface area contributed by atoms with Crippen LogP contribution in [0.5, 0.6) is 0 Å². The molecule has 0 aliphatic heterocycles. The molecule has 6 heteroatoms. The standard InChI is InChI=1S/C27H25N3O2S/c1-16-14-17(2)23(18(3)15-16)29-26(32)24-19(4)28-27(33-24)30-25(31)22-12-10-21(11-13-22)20-8-6-5-7-9-20/h5-15H,1-4H3,(H,29,32)(H,28,30,31). The predicted molar refractivity (Wildman–Crippen MR) is 135 cm³/mol. The average Bonchev–Trinajstić information content (AvgIpc) is 3.16. The summed E-state index contributed by atoms with van der Waals surface area (Å²) >= 11 is 1.17. The van der Waals surface area contributed by atoms with Crippen molar-refractivity contribution in [1.82, 2.24) is 4.98 Å². The Bertz CT molecular complexity index is 1300. The molecule has 0 saturated carbocycles. The summed E-state index contributed by atoms with van der Waals surface area (Å²) in [4.78, 5) is 30.5. The average molecular weight is 456 g/mol. The number of aromatic nitrogens is 1. The number of nitrogens with zero attached hydrogens (tertiary/aromatic N) is 1. The van der Waals surface area contributed by atoms with Crippen molar-refractivity contribution >= 4 is 34.0 Å². The summed E-state index contributed by atoms with van der Waals surface area (Å²) in [7, 11) is 0. The van der Waals surface area contributed by atoms with Gasteiger partial charge in [0.25, 0.3) is 11.8 Å². The molecule has 5 nitrogen and oxygen atoms in total. The van der Waals surface area contributed by atoms with Crippen LogP contribution >= 0.6 is 11.3 Å². The molecule has 0 unspecified atom stereocenters. The molecule has 2 N–H and O–H groups in total. The summed E-state index contributed by atoms with van der Waals surface area (Å²) in [6, 6.07) is 21.5. The number of thiazole rings is 1. The van der Waals surface area contributed by atoms with Crippen molar-refractivity contribution in [3.05, 3.63) is 99.6 Å². The number of anilines is 2. The maximum atomic E-state index is 12.9. The van der Waals surface area contributed by atoms with Crippen LogP contribution in [0.1, 0.15) is 42.4 Å². The zero-order chi connectivity index (χ0) is 23.5. The number of rotatable bonds is 5. The maximum absolute atomic E-state index is 12.9. The van der Waals surface area contributed by atoms with Crippen molar-refractivity contribution in [1.29, 1.82) is 0 Å². The first-order valence-corrected chi connectivity index (χ1v) is 11.5. The monoisotopic (exact) mass is 455 g/mol. The van der Waals surface area contributed by atoms with Gasteiger partial charge in [0.05, 0.1) is 5.69 Å². The van der Waals surface area contributed by atoms with E-state index in [1.807, 2.05) is 75.4 Å². The molecule has 3 aromatic carbocycles. The van der Waals surface area contributed by atoms with Gasteiger partial charge in [-0.2, -0.15) is 0 Å². The zero-order valence-electron chi connectivity index (χ0n) is 19.0. The van der Waals surface area contributed by atoms with Crippen LogP contribution in [-0.4, -0.2) is 16.8 Å². The summed E-state index contributed by atoms with van der Waals surface area (Å²) in [5.74, 6) is -0.492. The molecule has 0 atom stereocenters. The van der Waals surface area contributed by atoms with Crippen LogP contribution in [0.15, 0.2) is 66.7 Å². The van der Waals surface area contributed by atoms with Crippen LogP contribution in [0.3, 0.4) is 0 Å². The number of carbonyl (C=O) groups excluding carboxylic acids is 2. The number of carbonyl (C=O) groups is 2. The van der Waals surface area contributed by atoms with Gasteiger partial charge in [0.2, 0.25) is 0 Å². The summed E-state index contributed by atoms with van der Waals surface area (Å²) in [6.45, 7) is 7.75. The molecular weight excluding hydrogens is 430 g/mol. The minimum absolute atomic E-state index is 0.229. The van der Waals surface area contributed by atoms with Gasteiger partial charge >= 0.3 is 0 Å². The Morgan fingerprint density at radius 2 is 1.36 bits per heavy atom. The highest BCUT2D eigenvalue weighted by Gasteiger charge is 2.19. The molecular formula is C27H25N3O2S. The normalized spacial score (nSPS) is 10.7. The molecule has 166 valence electrons. The summed E-state index contributed by atoms with van der Waals surface area (Å²) in [5, 5.41) is 6.21. The Morgan fingerprint density at radius 1 is 0.758 bits per heavy atom. The van der Waals surface area contributed by atoms with Gasteiger partial charge in [-0.05, 0) is 62.1 Å². The Hall–Kier alpha value is -3.77. The molecule has 0 aliphatic rings. The van der Waals surface area contributed by atoms with E-state index in [9.17, 15) is 9.59 Å². The van der Waals surface area contributed by atoms with E-state index in [-0.39, 0.29) is 11.8 Å². The van der Waals surface area contributed by atoms with Crippen molar-refractivity contribution < 1.29 is 9.59 Å². The largest absolute Gasteiger partial charge is 0.321 e. The van der Waals surface area contributed by atoms with Crippen LogP contribution in [0.25, 0.3) is 11.1 Å². The van der Waals surface area contributed by atoms with Gasteiger partial charge in [-0.3, -0.25) is 14.9 Å². The molecule has 1 aromatic heterocycles. The highest BCUT2D eigenvalue weighted by atomic mass is 32.1. The summed E-state index contributed by atoms with van der Waals surface area (Å²) in [5.41, 5.74) is 7.22. The number of hydrogen-bond acceptors (Lipinski definition) is 4. The Labute approximate surface area is 197 Å². The molecule has 2 amide bonds. The van der Waals surface area contributed by atoms with E-state index in [0.29, 0.717) is 21.3 Å². The SMILES string of the molecule is Cc1cc(C)c(NC(=O)c2sc(NC(=O)c3ccc(-c4ccccc4)cc3)nc2C)c(C)c1. The van der Waals surface area contributed by atoms with Crippen molar-refractivity contribution in [2.24, 2.45) is 0 Å². The molecule has 0 fully saturated rings. The lowest BCUT2D eigenvalue weighted by Crippen LogP contribution is -2.13. The molecule has 4 rings (SSSR count). The van der Waals surface area contributed by atoms with E-state index in [1.165, 1.54) is 11.3 Å². The van der Waals surface area contributed by atoms with Gasteiger partial charge in [0.15, 0.2) is 5.13 Å². The van der Waals surface area contributed by atoms with Crippen molar-refractivity contribution in [2.75, 3.05) is 10.6 Å². The third-order valence-corrected chi connectivity index (χ3v) is 6.46. The van der Waals surface area contributed by atoms with E-state index in [4.69, 9.17) is 0 Å². The smallest absolute Gasteiger partial charge is 0.267 e. The number of amides is 2. The third-order valence-electron chi connectivity index (χ3n) is 5.39. The second kappa shape index (κ2) is 9.38. The Morgan fingerprint density at radius 3 is 2.00 bits per heavy atom. The van der Waals surface area contributed by atoms with Crippen molar-refractivity contribution in [3.63, 3.8) is 0 Å². The van der Waals surface area contributed by atoms with Gasteiger partial charge < -0.3 is 5.32 Å². The second-order valence-corrected chi connectivity index (χ2v) is 9.06. The first-order valence-electron chi connectivity index (χ1n) is 10.7. The lowest BCUT2D eigenvalue weighted by Gasteiger charge is -2.12. The number of aryl methyl sites for hydroxylation is 4. The van der Waals surface area contributed by atoms with Crippen molar-refractivity contribution in [3.8, 4) is 11.1 Å². The summed E-state index contributed by atoms with van der Waals surface area (Å²) in [6.07, 6.45) is 0. The fraction of sp³-hybridized carbons (Fsp3) is 0.148. The van der Waals surface area contributed by atoms with Crippen LogP contribution in [0.2, 0.25) is 0 Å². The fourth-order valence-electron chi connectivity index (χ4n) is 3.82. The second-order valence-electron chi connectivity index (χ2n) is 8.06. The Balaban J connectivity index is 1.47. The highest BCUT2D eigenvalue weighted by molar-refractivity contribution is 7.17. The molecule has 0 spiro atoms. The molecule has 1 heterocycles. The lowest BCUT2D eigenvalue weighted by atomic mass is 10.0. The third kappa shape index (κ3) is 5.02. The van der Waals surface area contributed by atoms with Crippen LogP contribution in [0, 0.1) is 27.7 Å². The molecule has 0 radical (unpaired) electrons. The minimum atomic E-state index is -0.263. The fourth-order valence-corrected chi connectivity index (χ4v) is 4.68. The van der Waals surface area contributed by atoms with Gasteiger partial charge in [0.1, 0.15) is 4.88 Å². The van der Waals surface area contributed by atoms with Gasteiger partial charge in [-0.25, -0.2) is 4.98 Å². The molecule has 0 aliphatic carbocycles. The lowest BCUT2D eigenvalue weighted by molar-refractivity contribution is 0.102. The van der Waals surface area contributed by atoms with E-state index < -0.39 is 0 Å². The van der Waals surface area contributed by atoms with E-state index in [1.54, 1.807) is 19.1 Å². The van der Waals surface area contributed by atoms with Gasteiger partial charge in [-0.15, -0.1) is 0 Å². The number of hydrogen-bond donors (Lipinski definition) is 2. The van der Waals surface area contributed by atoms with Crippen molar-refractivity contribution in [2.45, 2.75) is 27.7 Å². The first kappa shape index (κ1) is 22.4. The predicted octanol–water partition coefficient (Wildman–Crippen LogP) is 6.55. The van der Waals surface area contributed by atoms with E-state index in [0.717, 1.165) is 33.5 Å². The summed E-state index contributed by atoms with van der Waals surface area (Å²) < 4.78 is 0. The Kier molecular flexibility index (Phi) is 6.38.